The van der Waals surface area contributed by atoms with Crippen molar-refractivity contribution in [2.75, 3.05) is 26.8 Å². The number of nitrogens with zero attached hydrogens (tertiary/aromatic N) is 1. The first-order chi connectivity index (χ1) is 6.18. The largest absolute Gasteiger partial charge is 0.381 e. The van der Waals surface area contributed by atoms with Crippen LogP contribution in [0, 0.1) is 5.41 Å². The number of guanidine groups is 1. The van der Waals surface area contributed by atoms with Crippen molar-refractivity contribution in [1.82, 2.24) is 4.90 Å². The van der Waals surface area contributed by atoms with Crippen LogP contribution in [0.15, 0.2) is 0 Å². The molecule has 0 radical (unpaired) electrons. The molecule has 0 spiro atoms. The van der Waals surface area contributed by atoms with E-state index in [1.54, 1.807) is 4.90 Å². The van der Waals surface area contributed by atoms with E-state index in [9.17, 15) is 0 Å². The fourth-order valence-electron chi connectivity index (χ4n) is 0.873. The number of nitrogens with one attached hydrogen (secondary N) is 1. The van der Waals surface area contributed by atoms with Gasteiger partial charge >= 0.3 is 0 Å². The molecule has 0 bridgehead atoms. The Hall–Kier alpha value is -0.770. The number of unbranched alkanes of at least 4 members (excludes halogenated alkanes) is 1. The highest BCUT2D eigenvalue weighted by Crippen LogP contribution is 1.91. The standard InChI is InChI=1S/C9H21N3O/c1-3-4-7-13-8-5-6-12(2)9(10)11/h3-8H2,1-2H3,(H3,10,11). The minimum Gasteiger partial charge on any atom is -0.381 e. The van der Waals surface area contributed by atoms with E-state index in [-0.39, 0.29) is 5.96 Å². The maximum absolute atomic E-state index is 7.11. The summed E-state index contributed by atoms with van der Waals surface area (Å²) in [5.74, 6) is 0.119. The molecule has 0 rings (SSSR count). The molecule has 0 aromatic heterocycles. The molecule has 0 aromatic rings. The van der Waals surface area contributed by atoms with Crippen LogP contribution in [0.1, 0.15) is 26.2 Å². The maximum Gasteiger partial charge on any atom is 0.188 e. The van der Waals surface area contributed by atoms with Crippen LogP contribution in [-0.2, 0) is 4.74 Å². The average Bonchev–Trinajstić information content (AvgIpc) is 2.10. The predicted octanol–water partition coefficient (Wildman–Crippen LogP) is 1.02. The van der Waals surface area contributed by atoms with Gasteiger partial charge in [0.25, 0.3) is 0 Å². The minimum atomic E-state index is 0.119. The van der Waals surface area contributed by atoms with Crippen LogP contribution in [0.25, 0.3) is 0 Å². The van der Waals surface area contributed by atoms with Crippen molar-refractivity contribution in [2.24, 2.45) is 5.73 Å². The van der Waals surface area contributed by atoms with Crippen molar-refractivity contribution >= 4 is 5.96 Å². The number of ether oxygens (including phenoxy) is 1. The van der Waals surface area contributed by atoms with Crippen molar-refractivity contribution in [1.29, 1.82) is 5.41 Å². The van der Waals surface area contributed by atoms with Crippen molar-refractivity contribution in [3.63, 3.8) is 0 Å². The van der Waals surface area contributed by atoms with Gasteiger partial charge in [0.1, 0.15) is 0 Å². The Kier molecular flexibility index (Phi) is 7.39. The summed E-state index contributed by atoms with van der Waals surface area (Å²) in [4.78, 5) is 1.71. The lowest BCUT2D eigenvalue weighted by Crippen LogP contribution is -2.33. The van der Waals surface area contributed by atoms with Gasteiger partial charge in [0.15, 0.2) is 5.96 Å². The number of rotatable bonds is 7. The summed E-state index contributed by atoms with van der Waals surface area (Å²) in [5, 5.41) is 7.11. The van der Waals surface area contributed by atoms with Gasteiger partial charge in [-0.15, -0.1) is 0 Å². The molecule has 0 aliphatic rings. The summed E-state index contributed by atoms with van der Waals surface area (Å²) in [6.07, 6.45) is 3.23. The lowest BCUT2D eigenvalue weighted by Gasteiger charge is -2.15. The summed E-state index contributed by atoms with van der Waals surface area (Å²) >= 11 is 0. The highest BCUT2D eigenvalue weighted by Gasteiger charge is 1.97. The van der Waals surface area contributed by atoms with Gasteiger partial charge in [0.05, 0.1) is 0 Å². The van der Waals surface area contributed by atoms with Gasteiger partial charge in [-0.1, -0.05) is 13.3 Å². The van der Waals surface area contributed by atoms with E-state index in [2.05, 4.69) is 6.92 Å². The number of hydrogen-bond acceptors (Lipinski definition) is 2. The summed E-state index contributed by atoms with van der Waals surface area (Å²) < 4.78 is 5.37. The van der Waals surface area contributed by atoms with Crippen LogP contribution < -0.4 is 5.73 Å². The molecule has 3 N–H and O–H groups in total. The molecule has 0 amide bonds. The summed E-state index contributed by atoms with van der Waals surface area (Å²) in [6, 6.07) is 0. The normalized spacial score (nSPS) is 10.0. The lowest BCUT2D eigenvalue weighted by atomic mass is 10.3. The molecular weight excluding hydrogens is 166 g/mol. The fourth-order valence-corrected chi connectivity index (χ4v) is 0.873. The van der Waals surface area contributed by atoms with Gasteiger partial charge in [0.2, 0.25) is 0 Å². The molecule has 0 aromatic carbocycles. The fraction of sp³-hybridized carbons (Fsp3) is 0.889. The molecule has 4 nitrogen and oxygen atoms in total. The molecule has 0 aliphatic heterocycles. The van der Waals surface area contributed by atoms with Crippen LogP contribution >= 0.6 is 0 Å². The zero-order chi connectivity index (χ0) is 10.1. The molecule has 0 heterocycles. The van der Waals surface area contributed by atoms with Gasteiger partial charge in [0, 0.05) is 26.8 Å². The Morgan fingerprint density at radius 3 is 2.54 bits per heavy atom. The molecule has 13 heavy (non-hydrogen) atoms. The summed E-state index contributed by atoms with van der Waals surface area (Å²) in [7, 11) is 1.81. The molecule has 0 fully saturated rings. The van der Waals surface area contributed by atoms with E-state index in [0.717, 1.165) is 32.6 Å². The number of nitrogens with two attached hydrogens (primary N) is 1. The third-order valence-electron chi connectivity index (χ3n) is 1.84. The van der Waals surface area contributed by atoms with Gasteiger partial charge in [-0.25, -0.2) is 0 Å². The summed E-state index contributed by atoms with van der Waals surface area (Å²) in [6.45, 7) is 4.55. The van der Waals surface area contributed by atoms with E-state index in [1.165, 1.54) is 6.42 Å². The lowest BCUT2D eigenvalue weighted by molar-refractivity contribution is 0.125. The van der Waals surface area contributed by atoms with Crippen molar-refractivity contribution in [2.45, 2.75) is 26.2 Å². The van der Waals surface area contributed by atoms with Gasteiger partial charge in [-0.05, 0) is 12.8 Å². The third-order valence-corrected chi connectivity index (χ3v) is 1.84. The minimum absolute atomic E-state index is 0.119. The molecule has 0 saturated heterocycles. The van der Waals surface area contributed by atoms with Crippen molar-refractivity contribution in [3.8, 4) is 0 Å². The molecule has 4 heteroatoms. The quantitative estimate of drug-likeness (QED) is 0.355. The van der Waals surface area contributed by atoms with Gasteiger partial charge in [-0.3, -0.25) is 5.41 Å². The summed E-state index contributed by atoms with van der Waals surface area (Å²) in [5.41, 5.74) is 5.27. The Morgan fingerprint density at radius 2 is 2.00 bits per heavy atom. The monoisotopic (exact) mass is 187 g/mol. The molecule has 0 saturated carbocycles. The van der Waals surface area contributed by atoms with Gasteiger partial charge in [-0.2, -0.15) is 0 Å². The smallest absolute Gasteiger partial charge is 0.188 e. The topological polar surface area (TPSA) is 62.3 Å². The first kappa shape index (κ1) is 12.2. The van der Waals surface area contributed by atoms with Crippen LogP contribution in [0.5, 0.6) is 0 Å². The Balaban J connectivity index is 3.11. The predicted molar refractivity (Wildman–Crippen MR) is 54.9 cm³/mol. The Morgan fingerprint density at radius 1 is 1.38 bits per heavy atom. The molecule has 0 aliphatic carbocycles. The van der Waals surface area contributed by atoms with Crippen LogP contribution in [0.3, 0.4) is 0 Å². The molecular formula is C9H21N3O. The number of hydrogen-bond donors (Lipinski definition) is 2. The second kappa shape index (κ2) is 7.86. The van der Waals surface area contributed by atoms with Crippen molar-refractivity contribution in [3.05, 3.63) is 0 Å². The highest BCUT2D eigenvalue weighted by molar-refractivity contribution is 5.74. The average molecular weight is 187 g/mol. The van der Waals surface area contributed by atoms with Crippen LogP contribution in [-0.4, -0.2) is 37.7 Å². The molecule has 0 unspecified atom stereocenters. The van der Waals surface area contributed by atoms with E-state index < -0.39 is 0 Å². The third kappa shape index (κ3) is 7.59. The van der Waals surface area contributed by atoms with E-state index in [1.807, 2.05) is 7.05 Å². The zero-order valence-corrected chi connectivity index (χ0v) is 8.68. The highest BCUT2D eigenvalue weighted by atomic mass is 16.5. The van der Waals surface area contributed by atoms with Crippen LogP contribution in [0.4, 0.5) is 0 Å². The Bertz CT molecular complexity index is 139. The first-order valence-electron chi connectivity index (χ1n) is 4.81. The van der Waals surface area contributed by atoms with E-state index >= 15 is 0 Å². The van der Waals surface area contributed by atoms with E-state index in [0.29, 0.717) is 0 Å². The van der Waals surface area contributed by atoms with Crippen LogP contribution in [0.2, 0.25) is 0 Å². The maximum atomic E-state index is 7.11. The van der Waals surface area contributed by atoms with Gasteiger partial charge < -0.3 is 15.4 Å². The Labute approximate surface area is 80.6 Å². The first-order valence-corrected chi connectivity index (χ1v) is 4.81. The second-order valence-electron chi connectivity index (χ2n) is 3.13. The second-order valence-corrected chi connectivity index (χ2v) is 3.13. The molecule has 78 valence electrons. The zero-order valence-electron chi connectivity index (χ0n) is 8.68. The van der Waals surface area contributed by atoms with Crippen molar-refractivity contribution < 1.29 is 4.74 Å². The van der Waals surface area contributed by atoms with E-state index in [4.69, 9.17) is 15.9 Å². The molecule has 0 atom stereocenters. The SMILES string of the molecule is CCCCOCCCN(C)C(=N)N.